The zero-order valence-electron chi connectivity index (χ0n) is 10.3. The van der Waals surface area contributed by atoms with E-state index in [9.17, 15) is 4.39 Å². The zero-order chi connectivity index (χ0) is 13.1. The number of anilines is 1. The maximum Gasteiger partial charge on any atom is 0.146 e. The van der Waals surface area contributed by atoms with Gasteiger partial charge < -0.3 is 11.1 Å². The van der Waals surface area contributed by atoms with Crippen LogP contribution in [-0.2, 0) is 0 Å². The summed E-state index contributed by atoms with van der Waals surface area (Å²) in [4.78, 5) is 8.17. The van der Waals surface area contributed by atoms with Crippen LogP contribution < -0.4 is 11.1 Å². The minimum Gasteiger partial charge on any atom is -0.383 e. The van der Waals surface area contributed by atoms with Gasteiger partial charge in [0.1, 0.15) is 11.6 Å². The number of halogens is 1. The smallest absolute Gasteiger partial charge is 0.146 e. The second-order valence-electron chi connectivity index (χ2n) is 4.08. The van der Waals surface area contributed by atoms with E-state index in [1.54, 1.807) is 25.5 Å². The van der Waals surface area contributed by atoms with Crippen molar-refractivity contribution in [3.8, 4) is 0 Å². The molecule has 3 N–H and O–H groups in total. The van der Waals surface area contributed by atoms with Gasteiger partial charge in [-0.05, 0) is 37.7 Å². The molecule has 0 fully saturated rings. The molecule has 4 nitrogen and oxygen atoms in total. The molecule has 0 bridgehead atoms. The summed E-state index contributed by atoms with van der Waals surface area (Å²) in [6, 6.07) is 4.42. The minimum atomic E-state index is -0.404. The molecule has 0 aliphatic carbocycles. The molecule has 94 valence electrons. The molecule has 1 unspecified atom stereocenters. The Kier molecular flexibility index (Phi) is 3.53. The third-order valence-electron chi connectivity index (χ3n) is 2.75. The Hall–Kier alpha value is -2.01. The van der Waals surface area contributed by atoms with Gasteiger partial charge in [-0.15, -0.1) is 0 Å². The summed E-state index contributed by atoms with van der Waals surface area (Å²) < 4.78 is 13.8. The second kappa shape index (κ2) is 5.10. The average molecular weight is 246 g/mol. The third-order valence-corrected chi connectivity index (χ3v) is 2.75. The van der Waals surface area contributed by atoms with Crippen molar-refractivity contribution in [2.45, 2.75) is 13.0 Å². The maximum absolute atomic E-state index is 13.8. The number of nitrogens with one attached hydrogen (secondary N) is 1. The molecule has 0 aliphatic heterocycles. The first-order chi connectivity index (χ1) is 8.63. The van der Waals surface area contributed by atoms with Crippen molar-refractivity contribution in [2.24, 2.45) is 0 Å². The molecule has 5 heteroatoms. The predicted octanol–water partition coefficient (Wildman–Crippen LogP) is 1.82. The Morgan fingerprint density at radius 3 is 2.83 bits per heavy atom. The van der Waals surface area contributed by atoms with E-state index in [0.29, 0.717) is 11.5 Å². The van der Waals surface area contributed by atoms with Crippen molar-refractivity contribution in [3.05, 3.63) is 53.2 Å². The van der Waals surface area contributed by atoms with Crippen molar-refractivity contribution < 1.29 is 4.39 Å². The van der Waals surface area contributed by atoms with Crippen molar-refractivity contribution >= 4 is 5.82 Å². The van der Waals surface area contributed by atoms with Gasteiger partial charge in [-0.1, -0.05) is 0 Å². The van der Waals surface area contributed by atoms with E-state index >= 15 is 0 Å². The Morgan fingerprint density at radius 2 is 2.17 bits per heavy atom. The highest BCUT2D eigenvalue weighted by atomic mass is 19.1. The number of aromatic nitrogens is 2. The highest BCUT2D eigenvalue weighted by molar-refractivity contribution is 5.46. The molecule has 18 heavy (non-hydrogen) atoms. The fourth-order valence-electron chi connectivity index (χ4n) is 1.88. The van der Waals surface area contributed by atoms with Gasteiger partial charge in [-0.3, -0.25) is 4.98 Å². The number of aryl methyl sites for hydroxylation is 1. The molecule has 0 saturated heterocycles. The van der Waals surface area contributed by atoms with Crippen LogP contribution in [-0.4, -0.2) is 17.0 Å². The van der Waals surface area contributed by atoms with Crippen molar-refractivity contribution in [3.63, 3.8) is 0 Å². The lowest BCUT2D eigenvalue weighted by Crippen LogP contribution is -2.22. The van der Waals surface area contributed by atoms with Gasteiger partial charge >= 0.3 is 0 Å². The van der Waals surface area contributed by atoms with Crippen LogP contribution in [0, 0.1) is 12.7 Å². The van der Waals surface area contributed by atoms with Gasteiger partial charge in [0.25, 0.3) is 0 Å². The van der Waals surface area contributed by atoms with E-state index in [1.165, 1.54) is 6.07 Å². The van der Waals surface area contributed by atoms with Crippen LogP contribution in [0.15, 0.2) is 30.6 Å². The minimum absolute atomic E-state index is 0.319. The topological polar surface area (TPSA) is 63.8 Å². The van der Waals surface area contributed by atoms with E-state index in [1.807, 2.05) is 13.0 Å². The summed E-state index contributed by atoms with van der Waals surface area (Å²) in [7, 11) is 1.74. The Labute approximate surface area is 105 Å². The van der Waals surface area contributed by atoms with Crippen molar-refractivity contribution in [1.82, 2.24) is 15.3 Å². The number of hydrogen-bond donors (Lipinski definition) is 2. The second-order valence-corrected chi connectivity index (χ2v) is 4.08. The summed E-state index contributed by atoms with van der Waals surface area (Å²) in [6.07, 6.45) is 3.24. The van der Waals surface area contributed by atoms with Gasteiger partial charge in [0, 0.05) is 18.0 Å². The number of nitrogens with two attached hydrogens (primary N) is 1. The molecular formula is C13H15FN4. The molecular weight excluding hydrogens is 231 g/mol. The van der Waals surface area contributed by atoms with Crippen LogP contribution in [0.4, 0.5) is 10.2 Å². The summed E-state index contributed by atoms with van der Waals surface area (Å²) in [5.41, 5.74) is 7.87. The summed E-state index contributed by atoms with van der Waals surface area (Å²) in [6.45, 7) is 1.91. The largest absolute Gasteiger partial charge is 0.383 e. The fraction of sp³-hybridized carbons (Fsp3) is 0.231. The molecule has 2 rings (SSSR count). The Morgan fingerprint density at radius 1 is 1.39 bits per heavy atom. The predicted molar refractivity (Wildman–Crippen MR) is 68.5 cm³/mol. The van der Waals surface area contributed by atoms with Crippen LogP contribution in [0.5, 0.6) is 0 Å². The first-order valence-corrected chi connectivity index (χ1v) is 5.63. The maximum atomic E-state index is 13.8. The fourth-order valence-corrected chi connectivity index (χ4v) is 1.88. The standard InChI is InChI=1S/C13H15FN4/c1-8-6-9(13(15)18-7-8)11(16-2)12-10(14)4-3-5-17-12/h3-7,11,16H,1-2H3,(H2,15,18). The molecule has 0 amide bonds. The zero-order valence-corrected chi connectivity index (χ0v) is 10.3. The first kappa shape index (κ1) is 12.4. The van der Waals surface area contributed by atoms with Gasteiger partial charge in [0.05, 0.1) is 11.7 Å². The van der Waals surface area contributed by atoms with E-state index < -0.39 is 6.04 Å². The number of nitrogen functional groups attached to an aromatic ring is 1. The lowest BCUT2D eigenvalue weighted by molar-refractivity contribution is 0.560. The van der Waals surface area contributed by atoms with E-state index in [0.717, 1.165) is 11.1 Å². The van der Waals surface area contributed by atoms with Crippen molar-refractivity contribution in [2.75, 3.05) is 12.8 Å². The molecule has 1 atom stereocenters. The highest BCUT2D eigenvalue weighted by Gasteiger charge is 2.20. The van der Waals surface area contributed by atoms with Crippen LogP contribution in [0.2, 0.25) is 0 Å². The molecule has 0 saturated carbocycles. The van der Waals surface area contributed by atoms with Crippen LogP contribution >= 0.6 is 0 Å². The van der Waals surface area contributed by atoms with E-state index in [2.05, 4.69) is 15.3 Å². The number of pyridine rings is 2. The normalized spacial score (nSPS) is 12.4. The Balaban J connectivity index is 2.52. The molecule has 0 aromatic carbocycles. The Bertz CT molecular complexity index is 556. The van der Waals surface area contributed by atoms with E-state index in [4.69, 9.17) is 5.73 Å². The quantitative estimate of drug-likeness (QED) is 0.867. The monoisotopic (exact) mass is 246 g/mol. The first-order valence-electron chi connectivity index (χ1n) is 5.63. The molecule has 0 aliphatic rings. The molecule has 0 spiro atoms. The summed E-state index contributed by atoms with van der Waals surface area (Å²) in [5, 5.41) is 3.02. The molecule has 2 heterocycles. The lowest BCUT2D eigenvalue weighted by atomic mass is 10.0. The van der Waals surface area contributed by atoms with Gasteiger partial charge in [0.15, 0.2) is 0 Å². The number of rotatable bonds is 3. The van der Waals surface area contributed by atoms with E-state index in [-0.39, 0.29) is 5.82 Å². The van der Waals surface area contributed by atoms with Crippen LogP contribution in [0.3, 0.4) is 0 Å². The van der Waals surface area contributed by atoms with Gasteiger partial charge in [0.2, 0.25) is 0 Å². The summed E-state index contributed by atoms with van der Waals surface area (Å²) >= 11 is 0. The number of nitrogens with zero attached hydrogens (tertiary/aromatic N) is 2. The van der Waals surface area contributed by atoms with Crippen molar-refractivity contribution in [1.29, 1.82) is 0 Å². The summed E-state index contributed by atoms with van der Waals surface area (Å²) in [5.74, 6) is 0.0164. The van der Waals surface area contributed by atoms with Gasteiger partial charge in [-0.25, -0.2) is 9.37 Å². The van der Waals surface area contributed by atoms with Crippen LogP contribution in [0.25, 0.3) is 0 Å². The molecule has 2 aromatic rings. The SMILES string of the molecule is CNC(c1cc(C)cnc1N)c1ncccc1F. The van der Waals surface area contributed by atoms with Gasteiger partial charge in [-0.2, -0.15) is 0 Å². The van der Waals surface area contributed by atoms with Crippen LogP contribution in [0.1, 0.15) is 22.9 Å². The number of hydrogen-bond acceptors (Lipinski definition) is 4. The molecule has 0 radical (unpaired) electrons. The lowest BCUT2D eigenvalue weighted by Gasteiger charge is -2.18. The average Bonchev–Trinajstić information content (AvgIpc) is 2.36. The highest BCUT2D eigenvalue weighted by Crippen LogP contribution is 2.26. The molecule has 2 aromatic heterocycles. The third kappa shape index (κ3) is 2.31.